The SMILES string of the molecule is C[Si](C)(C)OC(=CC(F)(F)F)Cc1ccc(N(Cl)Cl)cc1. The topological polar surface area (TPSA) is 12.5 Å². The summed E-state index contributed by atoms with van der Waals surface area (Å²) in [5, 5.41) is 0. The van der Waals surface area contributed by atoms with Crippen molar-refractivity contribution in [3.05, 3.63) is 41.7 Å². The lowest BCUT2D eigenvalue weighted by Crippen LogP contribution is -2.26. The van der Waals surface area contributed by atoms with Crippen LogP contribution >= 0.6 is 23.6 Å². The van der Waals surface area contributed by atoms with E-state index in [1.165, 1.54) is 0 Å². The number of halogens is 5. The molecule has 0 N–H and O–H groups in total. The van der Waals surface area contributed by atoms with Crippen molar-refractivity contribution in [2.24, 2.45) is 0 Å². The van der Waals surface area contributed by atoms with Gasteiger partial charge in [0.1, 0.15) is 0 Å². The Morgan fingerprint density at radius 1 is 1.19 bits per heavy atom. The first kappa shape index (κ1) is 18.2. The Morgan fingerprint density at radius 2 is 1.71 bits per heavy atom. The van der Waals surface area contributed by atoms with E-state index in [2.05, 4.69) is 0 Å². The molecular formula is C13H16Cl2F3NOSi. The largest absolute Gasteiger partial charge is 0.547 e. The van der Waals surface area contributed by atoms with Crippen LogP contribution < -0.4 is 3.94 Å². The minimum absolute atomic E-state index is 0.0641. The third-order valence-electron chi connectivity index (χ3n) is 2.27. The molecule has 0 saturated heterocycles. The van der Waals surface area contributed by atoms with Crippen molar-refractivity contribution < 1.29 is 17.6 Å². The molecule has 8 heteroatoms. The first-order valence-electron chi connectivity index (χ1n) is 6.14. The predicted molar refractivity (Wildman–Crippen MR) is 82.9 cm³/mol. The summed E-state index contributed by atoms with van der Waals surface area (Å²) in [5.41, 5.74) is 1.22. The Labute approximate surface area is 133 Å². The van der Waals surface area contributed by atoms with Gasteiger partial charge in [-0.2, -0.15) is 17.1 Å². The minimum Gasteiger partial charge on any atom is -0.547 e. The Kier molecular flexibility index (Phi) is 6.01. The van der Waals surface area contributed by atoms with Gasteiger partial charge in [0.25, 0.3) is 0 Å². The average Bonchev–Trinajstić information content (AvgIpc) is 2.24. The van der Waals surface area contributed by atoms with Gasteiger partial charge in [-0.25, -0.2) is 0 Å². The molecule has 0 aliphatic carbocycles. The fourth-order valence-electron chi connectivity index (χ4n) is 1.62. The molecule has 1 rings (SSSR count). The van der Waals surface area contributed by atoms with Crippen LogP contribution in [0, 0.1) is 0 Å². The lowest BCUT2D eigenvalue weighted by Gasteiger charge is -2.22. The van der Waals surface area contributed by atoms with Gasteiger partial charge in [0, 0.05) is 30.0 Å². The van der Waals surface area contributed by atoms with Gasteiger partial charge in [-0.3, -0.25) is 0 Å². The first-order chi connectivity index (χ1) is 9.46. The van der Waals surface area contributed by atoms with Crippen molar-refractivity contribution in [2.45, 2.75) is 32.2 Å². The van der Waals surface area contributed by atoms with Gasteiger partial charge >= 0.3 is 6.18 Å². The predicted octanol–water partition coefficient (Wildman–Crippen LogP) is 5.64. The number of allylic oxidation sites excluding steroid dienone is 2. The lowest BCUT2D eigenvalue weighted by atomic mass is 10.1. The highest BCUT2D eigenvalue weighted by Crippen LogP contribution is 2.25. The van der Waals surface area contributed by atoms with Crippen molar-refractivity contribution in [3.63, 3.8) is 0 Å². The van der Waals surface area contributed by atoms with E-state index >= 15 is 0 Å². The highest BCUT2D eigenvalue weighted by Gasteiger charge is 2.27. The van der Waals surface area contributed by atoms with Crippen molar-refractivity contribution in [2.75, 3.05) is 3.94 Å². The minimum atomic E-state index is -4.40. The summed E-state index contributed by atoms with van der Waals surface area (Å²) >= 11 is 11.1. The van der Waals surface area contributed by atoms with Crippen LogP contribution in [0.4, 0.5) is 18.9 Å². The molecule has 0 radical (unpaired) electrons. The summed E-state index contributed by atoms with van der Waals surface area (Å²) in [6.07, 6.45) is -4.12. The molecule has 0 aliphatic heterocycles. The summed E-state index contributed by atoms with van der Waals surface area (Å²) < 4.78 is 44.1. The second-order valence-electron chi connectivity index (χ2n) is 5.44. The van der Waals surface area contributed by atoms with Gasteiger partial charge in [0.15, 0.2) is 0 Å². The Morgan fingerprint density at radius 3 is 2.10 bits per heavy atom. The second kappa shape index (κ2) is 6.94. The van der Waals surface area contributed by atoms with Crippen LogP contribution in [-0.2, 0) is 10.8 Å². The van der Waals surface area contributed by atoms with Gasteiger partial charge in [-0.05, 0) is 37.3 Å². The summed E-state index contributed by atoms with van der Waals surface area (Å²) in [5.74, 6) is -0.0805. The number of benzene rings is 1. The number of nitrogens with zero attached hydrogens (tertiary/aromatic N) is 1. The maximum Gasteiger partial charge on any atom is 0.412 e. The smallest absolute Gasteiger partial charge is 0.412 e. The van der Waals surface area contributed by atoms with Gasteiger partial charge in [0.2, 0.25) is 8.32 Å². The number of rotatable bonds is 5. The van der Waals surface area contributed by atoms with Gasteiger partial charge < -0.3 is 4.43 Å². The van der Waals surface area contributed by atoms with E-state index in [4.69, 9.17) is 28.0 Å². The highest BCUT2D eigenvalue weighted by atomic mass is 35.5. The standard InChI is InChI=1S/C13H16Cl2F3NOSi/c1-21(2,3)20-12(9-13(16,17)18)8-10-4-6-11(7-5-10)19(14)15/h4-7,9H,8H2,1-3H3. The van der Waals surface area contributed by atoms with E-state index in [1.807, 2.05) is 19.6 Å². The molecule has 0 saturated carbocycles. The molecular weight excluding hydrogens is 342 g/mol. The monoisotopic (exact) mass is 357 g/mol. The maximum absolute atomic E-state index is 12.6. The van der Waals surface area contributed by atoms with Gasteiger partial charge in [-0.15, -0.1) is 0 Å². The second-order valence-corrected chi connectivity index (χ2v) is 10.7. The van der Waals surface area contributed by atoms with Gasteiger partial charge in [-0.1, -0.05) is 12.1 Å². The van der Waals surface area contributed by atoms with Crippen LogP contribution in [-0.4, -0.2) is 14.5 Å². The molecule has 2 nitrogen and oxygen atoms in total. The van der Waals surface area contributed by atoms with E-state index < -0.39 is 14.5 Å². The lowest BCUT2D eigenvalue weighted by molar-refractivity contribution is -0.0820. The molecule has 0 spiro atoms. The number of anilines is 1. The quantitative estimate of drug-likeness (QED) is 0.384. The van der Waals surface area contributed by atoms with Crippen LogP contribution in [0.5, 0.6) is 0 Å². The molecule has 0 bridgehead atoms. The molecule has 0 heterocycles. The average molecular weight is 358 g/mol. The van der Waals surface area contributed by atoms with Crippen molar-refractivity contribution in [3.8, 4) is 0 Å². The summed E-state index contributed by atoms with van der Waals surface area (Å²) in [6, 6.07) is 6.56. The molecule has 0 aromatic heterocycles. The van der Waals surface area contributed by atoms with Crippen LogP contribution in [0.15, 0.2) is 36.1 Å². The van der Waals surface area contributed by atoms with E-state index in [1.54, 1.807) is 24.3 Å². The van der Waals surface area contributed by atoms with E-state index in [0.29, 0.717) is 11.3 Å². The highest BCUT2D eigenvalue weighted by molar-refractivity contribution is 6.70. The Bertz CT molecular complexity index is 496. The number of hydrogen-bond donors (Lipinski definition) is 0. The molecule has 118 valence electrons. The van der Waals surface area contributed by atoms with Crippen LogP contribution in [0.25, 0.3) is 0 Å². The fraction of sp³-hybridized carbons (Fsp3) is 0.385. The molecule has 0 atom stereocenters. The summed E-state index contributed by atoms with van der Waals surface area (Å²) in [4.78, 5) is 0. The van der Waals surface area contributed by atoms with Crippen LogP contribution in [0.2, 0.25) is 19.6 Å². The maximum atomic E-state index is 12.6. The van der Waals surface area contributed by atoms with Crippen molar-refractivity contribution in [1.29, 1.82) is 0 Å². The Hall–Kier alpha value is -0.853. The van der Waals surface area contributed by atoms with Crippen LogP contribution in [0.1, 0.15) is 5.56 Å². The molecule has 1 aromatic rings. The zero-order valence-corrected chi connectivity index (χ0v) is 14.4. The number of alkyl halides is 3. The Balaban J connectivity index is 2.93. The van der Waals surface area contributed by atoms with Crippen molar-refractivity contribution >= 4 is 37.6 Å². The summed E-state index contributed by atoms with van der Waals surface area (Å²) in [7, 11) is -2.12. The van der Waals surface area contributed by atoms with E-state index in [-0.39, 0.29) is 18.3 Å². The zero-order valence-electron chi connectivity index (χ0n) is 11.8. The zero-order chi connectivity index (χ0) is 16.3. The molecule has 0 aliphatic rings. The third-order valence-corrected chi connectivity index (χ3v) is 3.54. The molecule has 1 aromatic carbocycles. The number of hydrogen-bond acceptors (Lipinski definition) is 2. The molecule has 21 heavy (non-hydrogen) atoms. The van der Waals surface area contributed by atoms with E-state index in [9.17, 15) is 13.2 Å². The first-order valence-corrected chi connectivity index (χ1v) is 10.2. The van der Waals surface area contributed by atoms with E-state index in [0.717, 1.165) is 3.94 Å². The molecule has 0 fully saturated rings. The summed E-state index contributed by atoms with van der Waals surface area (Å²) in [6.45, 7) is 5.50. The normalized spacial score (nSPS) is 13.2. The molecule has 0 amide bonds. The molecule has 0 unspecified atom stereocenters. The van der Waals surface area contributed by atoms with Crippen molar-refractivity contribution in [1.82, 2.24) is 0 Å². The fourth-order valence-corrected chi connectivity index (χ4v) is 2.76. The third kappa shape index (κ3) is 7.64. The van der Waals surface area contributed by atoms with Gasteiger partial charge in [0.05, 0.1) is 17.5 Å². The van der Waals surface area contributed by atoms with Crippen LogP contribution in [0.3, 0.4) is 0 Å².